The lowest BCUT2D eigenvalue weighted by atomic mass is 9.87. The van der Waals surface area contributed by atoms with Gasteiger partial charge in [0.05, 0.1) is 28.2 Å². The summed E-state index contributed by atoms with van der Waals surface area (Å²) < 4.78 is 58.2. The number of nitrogens with one attached hydrogen (secondary N) is 1. The standard InChI is InChI=1S/C31H39F2N5O5SSi/c1-19-15-24(43-28(32)33)25(21-11-12-37(26(19)21)29(39)40)31(5,36-44(41)30(2,3)4)27-35-22-16-20(17-34)9-10-23(22)38(27)18-42-13-14-45(6,7)8/h9-12,15-16,28,36H,13-14,18H2,1-8H3,(H,39,40). The van der Waals surface area contributed by atoms with Gasteiger partial charge in [0.15, 0.2) is 0 Å². The first-order chi connectivity index (χ1) is 20.9. The summed E-state index contributed by atoms with van der Waals surface area (Å²) >= 11 is -1.79. The SMILES string of the molecule is Cc1cc(OC(F)F)c(C(C)(N[S+]([O-])C(C)(C)C)c2nc3cc(C#N)ccc3n2COCC[Si](C)(C)C)c2ccn(C(=O)O)c12. The van der Waals surface area contributed by atoms with E-state index < -0.39 is 42.4 Å². The predicted octanol–water partition coefficient (Wildman–Crippen LogP) is 6.93. The van der Waals surface area contributed by atoms with Gasteiger partial charge < -0.3 is 23.7 Å². The zero-order valence-electron chi connectivity index (χ0n) is 26.7. The first-order valence-electron chi connectivity index (χ1n) is 14.4. The summed E-state index contributed by atoms with van der Waals surface area (Å²) in [5, 5.41) is 19.8. The minimum absolute atomic E-state index is 0.0256. The number of nitriles is 1. The molecule has 242 valence electrons. The number of carbonyl (C=O) groups is 1. The highest BCUT2D eigenvalue weighted by Crippen LogP contribution is 2.44. The first-order valence-corrected chi connectivity index (χ1v) is 19.2. The molecule has 0 fully saturated rings. The Morgan fingerprint density at radius 3 is 2.49 bits per heavy atom. The van der Waals surface area contributed by atoms with Crippen molar-refractivity contribution in [3.05, 3.63) is 59.0 Å². The normalized spacial score (nSPS) is 14.6. The van der Waals surface area contributed by atoms with E-state index in [-0.39, 0.29) is 29.4 Å². The molecule has 2 atom stereocenters. The number of fused-ring (bicyclic) bond motifs is 2. The quantitative estimate of drug-likeness (QED) is 0.101. The van der Waals surface area contributed by atoms with E-state index in [1.807, 2.05) is 0 Å². The molecule has 0 spiro atoms. The maximum absolute atomic E-state index is 14.0. The number of rotatable bonds is 11. The van der Waals surface area contributed by atoms with Crippen molar-refractivity contribution in [2.24, 2.45) is 0 Å². The van der Waals surface area contributed by atoms with E-state index in [1.54, 1.807) is 57.4 Å². The van der Waals surface area contributed by atoms with Crippen LogP contribution in [0.2, 0.25) is 25.7 Å². The Morgan fingerprint density at radius 1 is 1.22 bits per heavy atom. The lowest BCUT2D eigenvalue weighted by Gasteiger charge is -2.36. The van der Waals surface area contributed by atoms with Gasteiger partial charge in [-0.2, -0.15) is 14.0 Å². The second-order valence-electron chi connectivity index (χ2n) is 13.3. The van der Waals surface area contributed by atoms with Gasteiger partial charge in [0, 0.05) is 43.2 Å². The number of halogens is 2. The molecule has 2 aromatic carbocycles. The summed E-state index contributed by atoms with van der Waals surface area (Å²) in [6.07, 6.45) is 0.0694. The fourth-order valence-electron chi connectivity index (χ4n) is 5.16. The molecular weight excluding hydrogens is 621 g/mol. The summed E-state index contributed by atoms with van der Waals surface area (Å²) in [7, 11) is -1.43. The molecule has 0 amide bonds. The fraction of sp³-hybridized carbons (Fsp3) is 0.452. The summed E-state index contributed by atoms with van der Waals surface area (Å²) in [5.74, 6) is 0.0283. The second-order valence-corrected chi connectivity index (χ2v) is 20.9. The van der Waals surface area contributed by atoms with Crippen LogP contribution in [0.25, 0.3) is 21.9 Å². The van der Waals surface area contributed by atoms with Crippen LogP contribution in [0.3, 0.4) is 0 Å². The van der Waals surface area contributed by atoms with E-state index in [4.69, 9.17) is 14.5 Å². The van der Waals surface area contributed by atoms with E-state index >= 15 is 0 Å². The van der Waals surface area contributed by atoms with Crippen LogP contribution >= 0.6 is 0 Å². The van der Waals surface area contributed by atoms with Crippen LogP contribution < -0.4 is 9.46 Å². The highest BCUT2D eigenvalue weighted by atomic mass is 32.2. The number of carboxylic acid groups (broad SMARTS) is 1. The van der Waals surface area contributed by atoms with Crippen molar-refractivity contribution in [2.75, 3.05) is 6.61 Å². The molecule has 10 nitrogen and oxygen atoms in total. The highest BCUT2D eigenvalue weighted by molar-refractivity contribution is 7.90. The molecule has 0 radical (unpaired) electrons. The third kappa shape index (κ3) is 7.18. The van der Waals surface area contributed by atoms with Crippen LogP contribution in [0, 0.1) is 18.3 Å². The zero-order chi connectivity index (χ0) is 33.5. The van der Waals surface area contributed by atoms with Crippen molar-refractivity contribution in [1.29, 1.82) is 5.26 Å². The van der Waals surface area contributed by atoms with Crippen LogP contribution in [0.1, 0.15) is 50.2 Å². The van der Waals surface area contributed by atoms with Crippen LogP contribution in [-0.2, 0) is 28.4 Å². The summed E-state index contributed by atoms with van der Waals surface area (Å²) in [6, 6.07) is 10.9. The topological polar surface area (TPSA) is 137 Å². The molecule has 0 aliphatic rings. The monoisotopic (exact) mass is 659 g/mol. The van der Waals surface area contributed by atoms with Crippen LogP contribution in [0.4, 0.5) is 13.6 Å². The zero-order valence-corrected chi connectivity index (χ0v) is 28.5. The minimum Gasteiger partial charge on any atom is -0.598 e. The molecule has 0 saturated heterocycles. The van der Waals surface area contributed by atoms with Crippen LogP contribution in [0.5, 0.6) is 5.75 Å². The predicted molar refractivity (Wildman–Crippen MR) is 173 cm³/mol. The van der Waals surface area contributed by atoms with Crippen molar-refractivity contribution < 1.29 is 32.7 Å². The van der Waals surface area contributed by atoms with Gasteiger partial charge in [-0.1, -0.05) is 19.6 Å². The average molecular weight is 660 g/mol. The van der Waals surface area contributed by atoms with Crippen LogP contribution in [0.15, 0.2) is 36.5 Å². The number of aromatic nitrogens is 3. The Labute approximate surface area is 265 Å². The molecule has 45 heavy (non-hydrogen) atoms. The minimum atomic E-state index is -3.21. The average Bonchev–Trinajstić information content (AvgIpc) is 3.52. The third-order valence-corrected chi connectivity index (χ3v) is 10.8. The fourth-order valence-corrected chi connectivity index (χ4v) is 6.79. The van der Waals surface area contributed by atoms with E-state index in [2.05, 4.69) is 30.4 Å². The molecule has 2 aromatic heterocycles. The molecule has 2 unspecified atom stereocenters. The molecule has 4 rings (SSSR count). The van der Waals surface area contributed by atoms with Gasteiger partial charge in [-0.25, -0.2) is 9.78 Å². The second kappa shape index (κ2) is 12.7. The van der Waals surface area contributed by atoms with E-state index in [0.29, 0.717) is 34.2 Å². The number of hydrogen-bond acceptors (Lipinski definition) is 7. The Morgan fingerprint density at radius 2 is 1.91 bits per heavy atom. The number of nitrogens with zero attached hydrogens (tertiary/aromatic N) is 4. The van der Waals surface area contributed by atoms with Crippen molar-refractivity contribution in [3.8, 4) is 11.8 Å². The van der Waals surface area contributed by atoms with Gasteiger partial charge in [0.25, 0.3) is 0 Å². The summed E-state index contributed by atoms with van der Waals surface area (Å²) in [6.45, 7) is 12.5. The third-order valence-electron chi connectivity index (χ3n) is 7.44. The first kappa shape index (κ1) is 34.4. The number of benzene rings is 2. The Hall–Kier alpha value is -3.48. The lowest BCUT2D eigenvalue weighted by molar-refractivity contribution is -0.0508. The van der Waals surface area contributed by atoms with Crippen molar-refractivity contribution in [2.45, 2.75) is 83.9 Å². The number of imidazole rings is 1. The molecule has 0 aliphatic heterocycles. The van der Waals surface area contributed by atoms with Gasteiger partial charge in [-0.3, -0.25) is 4.57 Å². The van der Waals surface area contributed by atoms with Gasteiger partial charge in [-0.05, 0) is 76.6 Å². The summed E-state index contributed by atoms with van der Waals surface area (Å²) in [5.41, 5.74) is 0.564. The maximum atomic E-state index is 14.0. The van der Waals surface area contributed by atoms with Gasteiger partial charge in [0.1, 0.15) is 28.6 Å². The number of aryl methyl sites for hydroxylation is 1. The number of alkyl halides is 2. The molecule has 0 bridgehead atoms. The van der Waals surface area contributed by atoms with Crippen LogP contribution in [-0.4, -0.2) is 55.9 Å². The Kier molecular flexibility index (Phi) is 9.72. The Balaban J connectivity index is 2.09. The van der Waals surface area contributed by atoms with Crippen molar-refractivity contribution in [1.82, 2.24) is 18.8 Å². The van der Waals surface area contributed by atoms with Crippen molar-refractivity contribution in [3.63, 3.8) is 0 Å². The molecule has 14 heteroatoms. The molecular formula is C31H39F2N5O5SSi. The molecule has 0 aliphatic carbocycles. The van der Waals surface area contributed by atoms with Gasteiger partial charge >= 0.3 is 12.7 Å². The van der Waals surface area contributed by atoms with E-state index in [0.717, 1.165) is 10.6 Å². The van der Waals surface area contributed by atoms with Gasteiger partial charge in [0.2, 0.25) is 0 Å². The highest BCUT2D eigenvalue weighted by Gasteiger charge is 2.46. The van der Waals surface area contributed by atoms with Crippen molar-refractivity contribution >= 4 is 47.5 Å². The lowest BCUT2D eigenvalue weighted by Crippen LogP contribution is -2.52. The molecule has 2 heterocycles. The smallest absolute Gasteiger partial charge is 0.416 e. The Bertz CT molecular complexity index is 1770. The number of hydrogen-bond donors (Lipinski definition) is 2. The maximum Gasteiger partial charge on any atom is 0.416 e. The van der Waals surface area contributed by atoms with E-state index in [1.165, 1.54) is 18.3 Å². The molecule has 0 saturated carbocycles. The largest absolute Gasteiger partial charge is 0.598 e. The van der Waals surface area contributed by atoms with E-state index in [9.17, 15) is 28.5 Å². The number of ether oxygens (including phenoxy) is 2. The molecule has 2 N–H and O–H groups in total. The summed E-state index contributed by atoms with van der Waals surface area (Å²) in [4.78, 5) is 17.1. The molecule has 4 aromatic rings. The van der Waals surface area contributed by atoms with Gasteiger partial charge in [-0.15, -0.1) is 4.72 Å².